The van der Waals surface area contributed by atoms with Crippen LogP contribution in [0.1, 0.15) is 112 Å². The van der Waals surface area contributed by atoms with Crippen molar-refractivity contribution in [1.29, 1.82) is 0 Å². The van der Waals surface area contributed by atoms with Crippen LogP contribution in [0.2, 0.25) is 0 Å². The lowest BCUT2D eigenvalue weighted by atomic mass is 9.73. The molecule has 13 unspecified atom stereocenters. The minimum atomic E-state index is -1.19. The van der Waals surface area contributed by atoms with E-state index in [2.05, 4.69) is 28.2 Å². The van der Waals surface area contributed by atoms with Crippen molar-refractivity contribution in [3.05, 3.63) is 36.0 Å². The van der Waals surface area contributed by atoms with Gasteiger partial charge < -0.3 is 28.8 Å². The van der Waals surface area contributed by atoms with Gasteiger partial charge in [-0.2, -0.15) is 0 Å². The molecule has 2 amide bonds. The van der Waals surface area contributed by atoms with Crippen molar-refractivity contribution in [2.45, 2.75) is 174 Å². The SMILES string of the molecule is CCC1OC(=O)C(C)C(=O)C(C)C(OC2OC(C)CC(N(C)Cc3cccc(-c4cn(CCCCCCC(=O)NO)nn4)c3)C2O)C(C)(OC)CC(C)C2=NCCN3C(=O)OC1(C)C3C2C. The van der Waals surface area contributed by atoms with E-state index in [9.17, 15) is 24.3 Å². The normalized spacial score (nSPS) is 34.3. The van der Waals surface area contributed by atoms with Crippen molar-refractivity contribution < 1.29 is 53.2 Å². The number of methoxy groups -OCH3 is 1. The van der Waals surface area contributed by atoms with Crippen LogP contribution in [0.3, 0.4) is 0 Å². The molecule has 2 bridgehead atoms. The fourth-order valence-corrected chi connectivity index (χ4v) is 11.0. The van der Waals surface area contributed by atoms with Crippen LogP contribution >= 0.6 is 0 Å². The minimum absolute atomic E-state index is 0.207. The van der Waals surface area contributed by atoms with Crippen LogP contribution in [0.5, 0.6) is 0 Å². The summed E-state index contributed by atoms with van der Waals surface area (Å²) in [5.74, 6) is -4.10. The number of aryl methyl sites for hydroxylation is 1. The zero-order valence-corrected chi connectivity index (χ0v) is 40.5. The number of nitrogens with one attached hydrogen (secondary N) is 1. The van der Waals surface area contributed by atoms with Gasteiger partial charge in [-0.3, -0.25) is 39.1 Å². The van der Waals surface area contributed by atoms with E-state index in [0.717, 1.165) is 41.8 Å². The number of ketones is 1. The van der Waals surface area contributed by atoms with Crippen molar-refractivity contribution in [2.24, 2.45) is 28.7 Å². The zero-order chi connectivity index (χ0) is 48.1. The summed E-state index contributed by atoms with van der Waals surface area (Å²) in [7, 11) is 3.53. The first-order valence-electron chi connectivity index (χ1n) is 23.8. The standard InChI is InChI=1S/C48H73N7O11/c1-11-37-48(8)42-30(4)39(49-20-22-55(42)46(60)66-48)28(2)25-47(7,62-10)43(31(5)40(57)32(6)44(59)64-37)65-45-41(58)36(23-29(3)63-45)53(9)26-33-17-16-18-34(24-33)35-27-54(52-50-35)21-15-13-12-14-19-38(56)51-61/h16-18,24,27-32,36-37,41-43,45,58,61H,11-15,19-23,25-26H2,1-10H3,(H,51,56). The quantitative estimate of drug-likeness (QED) is 0.0674. The van der Waals surface area contributed by atoms with Crippen LogP contribution in [0, 0.1) is 23.7 Å². The third kappa shape index (κ3) is 11.0. The van der Waals surface area contributed by atoms with E-state index in [-0.39, 0.29) is 23.8 Å². The number of ether oxygens (including phenoxy) is 5. The minimum Gasteiger partial charge on any atom is -0.458 e. The molecule has 1 aromatic carbocycles. The molecule has 13 atom stereocenters. The summed E-state index contributed by atoms with van der Waals surface area (Å²) in [6.45, 7) is 16.8. The van der Waals surface area contributed by atoms with Gasteiger partial charge in [-0.25, -0.2) is 10.3 Å². The van der Waals surface area contributed by atoms with Gasteiger partial charge in [-0.15, -0.1) is 5.10 Å². The van der Waals surface area contributed by atoms with E-state index in [4.69, 9.17) is 33.9 Å². The zero-order valence-electron chi connectivity index (χ0n) is 40.5. The lowest BCUT2D eigenvalue weighted by Gasteiger charge is -2.47. The molecule has 0 aliphatic carbocycles. The summed E-state index contributed by atoms with van der Waals surface area (Å²) in [5, 5.41) is 29.6. The number of Topliss-reactive ketones (excluding diaryl/α,β-unsaturated/α-hetero) is 1. The molecule has 4 aliphatic heterocycles. The van der Waals surface area contributed by atoms with Gasteiger partial charge in [0.25, 0.3) is 0 Å². The van der Waals surface area contributed by atoms with Gasteiger partial charge in [-0.1, -0.05) is 63.9 Å². The summed E-state index contributed by atoms with van der Waals surface area (Å²) >= 11 is 0. The number of hydrogen-bond acceptors (Lipinski definition) is 15. The Kier molecular flexibility index (Phi) is 16.8. The summed E-state index contributed by atoms with van der Waals surface area (Å²) < 4.78 is 33.7. The highest BCUT2D eigenvalue weighted by Crippen LogP contribution is 2.44. The number of carbonyl (C=O) groups excluding carboxylic acids is 4. The molecule has 366 valence electrons. The number of unbranched alkanes of at least 4 members (excludes halogenated alkanes) is 3. The summed E-state index contributed by atoms with van der Waals surface area (Å²) in [6.07, 6.45) is 1.95. The lowest BCUT2D eigenvalue weighted by Crippen LogP contribution is -2.60. The molecule has 6 rings (SSSR count). The Hall–Kier alpha value is -4.33. The second-order valence-electron chi connectivity index (χ2n) is 19.5. The van der Waals surface area contributed by atoms with E-state index in [1.807, 2.05) is 70.7 Å². The number of likely N-dealkylation sites (N-methyl/N-ethyl adjacent to an activating group) is 1. The Bertz CT molecular complexity index is 2050. The fourth-order valence-electron chi connectivity index (χ4n) is 11.0. The average Bonchev–Trinajstić information content (AvgIpc) is 3.81. The molecule has 0 saturated carbocycles. The second kappa shape index (κ2) is 21.7. The maximum Gasteiger partial charge on any atom is 0.410 e. The lowest BCUT2D eigenvalue weighted by molar-refractivity contribution is -0.296. The Morgan fingerprint density at radius 3 is 2.52 bits per heavy atom. The van der Waals surface area contributed by atoms with Gasteiger partial charge in [0.05, 0.1) is 36.6 Å². The number of cyclic esters (lactones) is 1. The van der Waals surface area contributed by atoms with E-state index < -0.39 is 77.6 Å². The number of fused-ring (bicyclic) bond motifs is 1. The molecular weight excluding hydrogens is 851 g/mol. The highest BCUT2D eigenvalue weighted by Gasteiger charge is 2.60. The molecule has 0 radical (unpaired) electrons. The predicted molar refractivity (Wildman–Crippen MR) is 243 cm³/mol. The maximum atomic E-state index is 14.5. The topological polar surface area (TPSA) is 216 Å². The first-order chi connectivity index (χ1) is 31.3. The number of aliphatic hydroxyl groups is 1. The summed E-state index contributed by atoms with van der Waals surface area (Å²) in [6, 6.07) is 7.19. The van der Waals surface area contributed by atoms with Crippen molar-refractivity contribution in [3.63, 3.8) is 0 Å². The smallest absolute Gasteiger partial charge is 0.410 e. The number of rotatable bonds is 15. The molecule has 3 saturated heterocycles. The number of aromatic nitrogens is 3. The van der Waals surface area contributed by atoms with Crippen LogP contribution in [0.25, 0.3) is 11.3 Å². The number of benzene rings is 1. The van der Waals surface area contributed by atoms with Crippen LogP contribution in [-0.2, 0) is 51.2 Å². The number of aliphatic hydroxyl groups excluding tert-OH is 1. The van der Waals surface area contributed by atoms with Crippen molar-refractivity contribution in [2.75, 3.05) is 27.2 Å². The number of amides is 2. The first kappa shape index (κ1) is 51.1. The molecule has 3 N–H and O–H groups in total. The van der Waals surface area contributed by atoms with Crippen LogP contribution in [0.4, 0.5) is 4.79 Å². The number of carbonyl (C=O) groups is 4. The van der Waals surface area contributed by atoms with Crippen LogP contribution < -0.4 is 5.48 Å². The molecule has 66 heavy (non-hydrogen) atoms. The van der Waals surface area contributed by atoms with Crippen molar-refractivity contribution in [1.82, 2.24) is 30.3 Å². The Morgan fingerprint density at radius 2 is 1.80 bits per heavy atom. The van der Waals surface area contributed by atoms with Gasteiger partial charge in [0.2, 0.25) is 5.91 Å². The van der Waals surface area contributed by atoms with Crippen molar-refractivity contribution >= 4 is 29.5 Å². The first-order valence-corrected chi connectivity index (χ1v) is 23.8. The molecule has 4 aliphatic rings. The number of nitrogens with zero attached hydrogens (tertiary/aromatic N) is 6. The van der Waals surface area contributed by atoms with E-state index in [0.29, 0.717) is 58.3 Å². The van der Waals surface area contributed by atoms with Gasteiger partial charge in [-0.05, 0) is 84.4 Å². The molecular formula is C48H73N7O11. The monoisotopic (exact) mass is 924 g/mol. The highest BCUT2D eigenvalue weighted by molar-refractivity contribution is 6.00. The third-order valence-electron chi connectivity index (χ3n) is 14.6. The number of esters is 1. The fraction of sp³-hybridized carbons (Fsp3) is 0.729. The average molecular weight is 924 g/mol. The Morgan fingerprint density at radius 1 is 1.06 bits per heavy atom. The molecule has 18 heteroatoms. The largest absolute Gasteiger partial charge is 0.458 e. The maximum absolute atomic E-state index is 14.5. The highest BCUT2D eigenvalue weighted by atomic mass is 16.7. The molecule has 1 aromatic heterocycles. The van der Waals surface area contributed by atoms with E-state index >= 15 is 0 Å². The van der Waals surface area contributed by atoms with Gasteiger partial charge >= 0.3 is 12.1 Å². The Labute approximate surface area is 389 Å². The molecule has 2 aromatic rings. The predicted octanol–water partition coefficient (Wildman–Crippen LogP) is 5.36. The second-order valence-corrected chi connectivity index (χ2v) is 19.5. The Balaban J connectivity index is 1.20. The molecule has 18 nitrogen and oxygen atoms in total. The van der Waals surface area contributed by atoms with Crippen molar-refractivity contribution in [3.8, 4) is 11.3 Å². The molecule has 5 heterocycles. The molecule has 0 spiro atoms. The van der Waals surface area contributed by atoms with E-state index in [1.165, 1.54) is 6.92 Å². The van der Waals surface area contributed by atoms with Crippen LogP contribution in [-0.4, -0.2) is 146 Å². The summed E-state index contributed by atoms with van der Waals surface area (Å²) in [5.41, 5.74) is 2.85. The number of aliphatic imine (C=N–C) groups is 1. The van der Waals surface area contributed by atoms with E-state index in [1.54, 1.807) is 24.4 Å². The summed E-state index contributed by atoms with van der Waals surface area (Å²) in [4.78, 5) is 62.0. The molecule has 3 fully saturated rings. The van der Waals surface area contributed by atoms with Gasteiger partial charge in [0, 0.05) is 62.3 Å². The van der Waals surface area contributed by atoms with Gasteiger partial charge in [0.15, 0.2) is 17.7 Å². The number of hydroxylamine groups is 1. The third-order valence-corrected chi connectivity index (χ3v) is 14.6. The van der Waals surface area contributed by atoms with Gasteiger partial charge in [0.1, 0.15) is 23.8 Å². The van der Waals surface area contributed by atoms with Crippen LogP contribution in [0.15, 0.2) is 35.5 Å². The number of hydrogen-bond donors (Lipinski definition) is 3.